The summed E-state index contributed by atoms with van der Waals surface area (Å²) in [5.74, 6) is 2.10. The Bertz CT molecular complexity index is 279. The van der Waals surface area contributed by atoms with Crippen LogP contribution in [0.3, 0.4) is 0 Å². The van der Waals surface area contributed by atoms with Gasteiger partial charge in [0.05, 0.1) is 0 Å². The molecule has 0 heterocycles. The lowest BCUT2D eigenvalue weighted by Gasteiger charge is -2.15. The van der Waals surface area contributed by atoms with E-state index in [1.165, 1.54) is 0 Å². The highest BCUT2D eigenvalue weighted by Gasteiger charge is 2.17. The molecule has 0 rings (SSSR count). The van der Waals surface area contributed by atoms with Crippen LogP contribution in [0.4, 0.5) is 0 Å². The van der Waals surface area contributed by atoms with E-state index < -0.39 is 11.9 Å². The minimum absolute atomic E-state index is 0.139. The Hall–Kier alpha value is -1.50. The summed E-state index contributed by atoms with van der Waals surface area (Å²) < 4.78 is 0. The van der Waals surface area contributed by atoms with Crippen molar-refractivity contribution in [2.24, 2.45) is 11.7 Å². The molecule has 0 aromatic heterocycles. The van der Waals surface area contributed by atoms with Gasteiger partial charge in [-0.05, 0) is 18.8 Å². The third-order valence-corrected chi connectivity index (χ3v) is 2.09. The Morgan fingerprint density at radius 2 is 2.06 bits per heavy atom. The zero-order valence-corrected chi connectivity index (χ0v) is 9.95. The molecule has 4 nitrogen and oxygen atoms in total. The summed E-state index contributed by atoms with van der Waals surface area (Å²) >= 11 is 0. The van der Waals surface area contributed by atoms with Crippen LogP contribution in [0.5, 0.6) is 0 Å². The smallest absolute Gasteiger partial charge is 0.240 e. The van der Waals surface area contributed by atoms with Crippen molar-refractivity contribution >= 4 is 11.8 Å². The van der Waals surface area contributed by atoms with Gasteiger partial charge in [0, 0.05) is 12.8 Å². The van der Waals surface area contributed by atoms with Crippen molar-refractivity contribution in [3.8, 4) is 12.3 Å². The molecule has 0 aromatic carbocycles. The van der Waals surface area contributed by atoms with E-state index in [4.69, 9.17) is 12.2 Å². The third-order valence-electron chi connectivity index (χ3n) is 2.09. The highest BCUT2D eigenvalue weighted by Crippen LogP contribution is 2.03. The zero-order chi connectivity index (χ0) is 12.6. The van der Waals surface area contributed by atoms with Crippen molar-refractivity contribution in [1.29, 1.82) is 0 Å². The minimum atomic E-state index is -0.598. The van der Waals surface area contributed by atoms with Crippen LogP contribution in [-0.2, 0) is 9.59 Å². The second-order valence-corrected chi connectivity index (χ2v) is 4.22. The van der Waals surface area contributed by atoms with E-state index in [0.717, 1.165) is 0 Å². The summed E-state index contributed by atoms with van der Waals surface area (Å²) in [7, 11) is 0. The molecule has 0 unspecified atom stereocenters. The van der Waals surface area contributed by atoms with Gasteiger partial charge in [-0.25, -0.2) is 0 Å². The molecule has 2 amide bonds. The second kappa shape index (κ2) is 7.75. The minimum Gasteiger partial charge on any atom is -0.368 e. The van der Waals surface area contributed by atoms with Crippen molar-refractivity contribution in [3.05, 3.63) is 0 Å². The van der Waals surface area contributed by atoms with Crippen molar-refractivity contribution in [2.75, 3.05) is 0 Å². The van der Waals surface area contributed by atoms with Gasteiger partial charge in [0.25, 0.3) is 0 Å². The molecule has 3 N–H and O–H groups in total. The molecule has 0 spiro atoms. The number of carbonyl (C=O) groups is 2. The number of hydrogen-bond acceptors (Lipinski definition) is 2. The molecule has 0 saturated heterocycles. The molecular weight excluding hydrogens is 204 g/mol. The van der Waals surface area contributed by atoms with Gasteiger partial charge in [-0.2, -0.15) is 0 Å². The lowest BCUT2D eigenvalue weighted by molar-refractivity contribution is -0.128. The highest BCUT2D eigenvalue weighted by molar-refractivity contribution is 5.86. The summed E-state index contributed by atoms with van der Waals surface area (Å²) in [6, 6.07) is -0.598. The van der Waals surface area contributed by atoms with E-state index in [1.54, 1.807) is 0 Å². The van der Waals surface area contributed by atoms with Gasteiger partial charge in [0.1, 0.15) is 6.04 Å². The van der Waals surface area contributed by atoms with E-state index >= 15 is 0 Å². The number of unbranched alkanes of at least 4 members (excludes halogenated alkanes) is 1. The average molecular weight is 224 g/mol. The van der Waals surface area contributed by atoms with E-state index in [2.05, 4.69) is 11.2 Å². The molecule has 1 atom stereocenters. The number of nitrogens with one attached hydrogen (secondary N) is 1. The fraction of sp³-hybridized carbons (Fsp3) is 0.667. The molecule has 0 radical (unpaired) electrons. The van der Waals surface area contributed by atoms with Crippen LogP contribution in [0, 0.1) is 18.3 Å². The molecule has 90 valence electrons. The summed E-state index contributed by atoms with van der Waals surface area (Å²) in [6.45, 7) is 3.88. The standard InChI is InChI=1S/C12H20N2O2/c1-4-5-6-7-10(12(13)16)14-11(15)8-9(2)3/h1,9-10H,5-8H2,2-3H3,(H2,13,16)(H,14,15)/t10-/m0/s1. The molecule has 0 aromatic rings. The Kier molecular flexibility index (Phi) is 7.02. The Morgan fingerprint density at radius 3 is 2.50 bits per heavy atom. The predicted octanol–water partition coefficient (Wildman–Crippen LogP) is 0.806. The van der Waals surface area contributed by atoms with Gasteiger partial charge in [-0.3, -0.25) is 9.59 Å². The van der Waals surface area contributed by atoms with Gasteiger partial charge in [-0.15, -0.1) is 12.3 Å². The molecular formula is C12H20N2O2. The van der Waals surface area contributed by atoms with Crippen LogP contribution in [0.2, 0.25) is 0 Å². The lowest BCUT2D eigenvalue weighted by atomic mass is 10.1. The van der Waals surface area contributed by atoms with Gasteiger partial charge in [-0.1, -0.05) is 13.8 Å². The topological polar surface area (TPSA) is 72.2 Å². The molecule has 0 saturated carbocycles. The van der Waals surface area contributed by atoms with Crippen LogP contribution in [0.15, 0.2) is 0 Å². The number of primary amides is 1. The number of amides is 2. The van der Waals surface area contributed by atoms with Crippen LogP contribution in [0.25, 0.3) is 0 Å². The SMILES string of the molecule is C#CCCC[C@H](NC(=O)CC(C)C)C(N)=O. The van der Waals surface area contributed by atoms with Crippen molar-refractivity contribution in [2.45, 2.75) is 45.6 Å². The maximum absolute atomic E-state index is 11.4. The van der Waals surface area contributed by atoms with Crippen LogP contribution in [-0.4, -0.2) is 17.9 Å². The number of terminal acetylenes is 1. The number of nitrogens with two attached hydrogens (primary N) is 1. The first-order valence-electron chi connectivity index (χ1n) is 5.49. The fourth-order valence-electron chi connectivity index (χ4n) is 1.32. The first kappa shape index (κ1) is 14.5. The van der Waals surface area contributed by atoms with Crippen molar-refractivity contribution in [1.82, 2.24) is 5.32 Å². The number of carbonyl (C=O) groups excluding carboxylic acids is 2. The largest absolute Gasteiger partial charge is 0.368 e. The van der Waals surface area contributed by atoms with Crippen LogP contribution in [0.1, 0.15) is 39.5 Å². The molecule has 0 fully saturated rings. The normalized spacial score (nSPS) is 11.9. The Morgan fingerprint density at radius 1 is 1.44 bits per heavy atom. The maximum atomic E-state index is 11.4. The molecule has 4 heteroatoms. The van der Waals surface area contributed by atoms with Crippen molar-refractivity contribution in [3.63, 3.8) is 0 Å². The summed E-state index contributed by atoms with van der Waals surface area (Å²) in [4.78, 5) is 22.5. The van der Waals surface area contributed by atoms with Gasteiger partial charge in [0.15, 0.2) is 0 Å². The zero-order valence-electron chi connectivity index (χ0n) is 9.95. The quantitative estimate of drug-likeness (QED) is 0.496. The Labute approximate surface area is 97.0 Å². The van der Waals surface area contributed by atoms with E-state index in [1.807, 2.05) is 13.8 Å². The van der Waals surface area contributed by atoms with Crippen LogP contribution >= 0.6 is 0 Å². The third kappa shape index (κ3) is 6.88. The summed E-state index contributed by atoms with van der Waals surface area (Å²) in [5, 5.41) is 2.62. The van der Waals surface area contributed by atoms with E-state index in [9.17, 15) is 9.59 Å². The number of rotatable bonds is 7. The fourth-order valence-corrected chi connectivity index (χ4v) is 1.32. The second-order valence-electron chi connectivity index (χ2n) is 4.22. The summed E-state index contributed by atoms with van der Waals surface area (Å²) in [5.41, 5.74) is 5.19. The first-order chi connectivity index (χ1) is 7.47. The van der Waals surface area contributed by atoms with Gasteiger partial charge < -0.3 is 11.1 Å². The molecule has 16 heavy (non-hydrogen) atoms. The molecule has 0 bridgehead atoms. The number of hydrogen-bond donors (Lipinski definition) is 2. The predicted molar refractivity (Wildman–Crippen MR) is 63.3 cm³/mol. The van der Waals surface area contributed by atoms with Crippen molar-refractivity contribution < 1.29 is 9.59 Å². The summed E-state index contributed by atoms with van der Waals surface area (Å²) in [6.07, 6.45) is 7.28. The molecule has 0 aliphatic carbocycles. The Balaban J connectivity index is 4.08. The monoisotopic (exact) mass is 224 g/mol. The molecule has 0 aliphatic rings. The highest BCUT2D eigenvalue weighted by atomic mass is 16.2. The van der Waals surface area contributed by atoms with Gasteiger partial charge in [0.2, 0.25) is 11.8 Å². The van der Waals surface area contributed by atoms with E-state index in [0.29, 0.717) is 25.7 Å². The lowest BCUT2D eigenvalue weighted by Crippen LogP contribution is -2.44. The van der Waals surface area contributed by atoms with Gasteiger partial charge >= 0.3 is 0 Å². The maximum Gasteiger partial charge on any atom is 0.240 e. The first-order valence-corrected chi connectivity index (χ1v) is 5.49. The van der Waals surface area contributed by atoms with E-state index in [-0.39, 0.29) is 11.8 Å². The van der Waals surface area contributed by atoms with Crippen LogP contribution < -0.4 is 11.1 Å². The molecule has 0 aliphatic heterocycles. The average Bonchev–Trinajstić information content (AvgIpc) is 2.15.